The van der Waals surface area contributed by atoms with Gasteiger partial charge in [0.25, 0.3) is 0 Å². The minimum Gasteiger partial charge on any atom is -0.493 e. The third kappa shape index (κ3) is 3.41. The number of anilines is 1. The fourth-order valence-electron chi connectivity index (χ4n) is 4.09. The molecule has 1 aliphatic heterocycles. The molecular formula is C24H22IN3O3. The van der Waals surface area contributed by atoms with E-state index in [4.69, 9.17) is 19.9 Å². The van der Waals surface area contributed by atoms with Crippen molar-refractivity contribution in [2.24, 2.45) is 5.73 Å². The SMILES string of the molecule is COc1cc(C2C(C#N)=C(N)Oc3c2ccc2c(N(C)C)cccc32)cc(I)c1OC. The van der Waals surface area contributed by atoms with Crippen molar-refractivity contribution in [2.75, 3.05) is 33.2 Å². The highest BCUT2D eigenvalue weighted by Gasteiger charge is 2.33. The molecule has 0 radical (unpaired) electrons. The molecule has 0 saturated heterocycles. The largest absolute Gasteiger partial charge is 0.493 e. The van der Waals surface area contributed by atoms with Gasteiger partial charge in [-0.05, 0) is 46.4 Å². The van der Waals surface area contributed by atoms with E-state index < -0.39 is 0 Å². The number of hydrogen-bond acceptors (Lipinski definition) is 6. The minimum atomic E-state index is -0.380. The van der Waals surface area contributed by atoms with Gasteiger partial charge in [0, 0.05) is 36.1 Å². The van der Waals surface area contributed by atoms with E-state index in [0.29, 0.717) is 22.8 Å². The number of rotatable bonds is 4. The zero-order valence-corrected chi connectivity index (χ0v) is 19.9. The molecule has 158 valence electrons. The Bertz CT molecular complexity index is 1260. The van der Waals surface area contributed by atoms with Crippen LogP contribution in [0.2, 0.25) is 0 Å². The van der Waals surface area contributed by atoms with Gasteiger partial charge in [0.05, 0.1) is 23.7 Å². The molecule has 0 fully saturated rings. The molecule has 0 aliphatic carbocycles. The first-order valence-electron chi connectivity index (χ1n) is 9.63. The topological polar surface area (TPSA) is 80.7 Å². The Labute approximate surface area is 194 Å². The molecule has 1 heterocycles. The van der Waals surface area contributed by atoms with Crippen molar-refractivity contribution in [3.05, 3.63) is 68.6 Å². The lowest BCUT2D eigenvalue weighted by Crippen LogP contribution is -2.21. The molecule has 6 nitrogen and oxygen atoms in total. The van der Waals surface area contributed by atoms with Crippen LogP contribution in [-0.4, -0.2) is 28.3 Å². The quantitative estimate of drug-likeness (QED) is 0.494. The predicted octanol–water partition coefficient (Wildman–Crippen LogP) is 4.75. The van der Waals surface area contributed by atoms with Crippen molar-refractivity contribution in [3.8, 4) is 23.3 Å². The highest BCUT2D eigenvalue weighted by Crippen LogP contribution is 2.48. The molecule has 31 heavy (non-hydrogen) atoms. The van der Waals surface area contributed by atoms with E-state index in [2.05, 4.69) is 45.7 Å². The second-order valence-corrected chi connectivity index (χ2v) is 8.58. The average Bonchev–Trinajstić information content (AvgIpc) is 2.76. The number of benzene rings is 3. The summed E-state index contributed by atoms with van der Waals surface area (Å²) in [6.45, 7) is 0. The molecule has 1 atom stereocenters. The molecule has 1 aliphatic rings. The van der Waals surface area contributed by atoms with Crippen LogP contribution in [0.25, 0.3) is 10.8 Å². The number of nitriles is 1. The van der Waals surface area contributed by atoms with Gasteiger partial charge in [0.15, 0.2) is 11.5 Å². The Morgan fingerprint density at radius 1 is 1.10 bits per heavy atom. The van der Waals surface area contributed by atoms with Crippen LogP contribution in [0.15, 0.2) is 53.9 Å². The number of nitrogens with two attached hydrogens (primary N) is 1. The van der Waals surface area contributed by atoms with Crippen LogP contribution >= 0.6 is 22.6 Å². The van der Waals surface area contributed by atoms with E-state index >= 15 is 0 Å². The third-order valence-corrected chi connectivity index (χ3v) is 6.29. The summed E-state index contributed by atoms with van der Waals surface area (Å²) < 4.78 is 17.9. The second-order valence-electron chi connectivity index (χ2n) is 7.41. The van der Waals surface area contributed by atoms with Crippen molar-refractivity contribution in [3.63, 3.8) is 0 Å². The van der Waals surface area contributed by atoms with E-state index in [1.165, 1.54) is 0 Å². The molecular weight excluding hydrogens is 505 g/mol. The molecule has 2 N–H and O–H groups in total. The van der Waals surface area contributed by atoms with Crippen molar-refractivity contribution >= 4 is 39.1 Å². The lowest BCUT2D eigenvalue weighted by atomic mass is 9.82. The zero-order chi connectivity index (χ0) is 22.3. The number of fused-ring (bicyclic) bond motifs is 3. The highest BCUT2D eigenvalue weighted by molar-refractivity contribution is 14.1. The van der Waals surface area contributed by atoms with Crippen LogP contribution in [0.3, 0.4) is 0 Å². The summed E-state index contributed by atoms with van der Waals surface area (Å²) in [4.78, 5) is 2.06. The second kappa shape index (κ2) is 8.19. The van der Waals surface area contributed by atoms with E-state index in [9.17, 15) is 5.26 Å². The molecule has 0 bridgehead atoms. The molecule has 0 amide bonds. The minimum absolute atomic E-state index is 0.118. The zero-order valence-electron chi connectivity index (χ0n) is 17.7. The number of methoxy groups -OCH3 is 2. The fourth-order valence-corrected chi connectivity index (χ4v) is 4.94. The number of hydrogen-bond donors (Lipinski definition) is 1. The lowest BCUT2D eigenvalue weighted by Gasteiger charge is -2.29. The average molecular weight is 527 g/mol. The maximum absolute atomic E-state index is 9.91. The van der Waals surface area contributed by atoms with Gasteiger partial charge in [-0.25, -0.2) is 0 Å². The Morgan fingerprint density at radius 2 is 1.87 bits per heavy atom. The number of halogens is 1. The first-order chi connectivity index (χ1) is 14.9. The molecule has 4 rings (SSSR count). The van der Waals surface area contributed by atoms with E-state index in [1.54, 1.807) is 14.2 Å². The Hall–Kier alpha value is -3.12. The number of nitrogens with zero attached hydrogens (tertiary/aromatic N) is 2. The van der Waals surface area contributed by atoms with Gasteiger partial charge in [-0.3, -0.25) is 0 Å². The smallest absolute Gasteiger partial charge is 0.205 e. The first-order valence-corrected chi connectivity index (χ1v) is 10.7. The van der Waals surface area contributed by atoms with Crippen molar-refractivity contribution in [1.29, 1.82) is 5.26 Å². The summed E-state index contributed by atoms with van der Waals surface area (Å²) >= 11 is 2.21. The van der Waals surface area contributed by atoms with Crippen molar-refractivity contribution in [1.82, 2.24) is 0 Å². The van der Waals surface area contributed by atoms with Gasteiger partial charge < -0.3 is 24.8 Å². The molecule has 0 spiro atoms. The molecule has 7 heteroatoms. The van der Waals surface area contributed by atoms with E-state index in [0.717, 1.165) is 31.2 Å². The summed E-state index contributed by atoms with van der Waals surface area (Å²) in [5.74, 6) is 1.67. The van der Waals surface area contributed by atoms with Gasteiger partial charge >= 0.3 is 0 Å². The summed E-state index contributed by atoms with van der Waals surface area (Å²) in [5, 5.41) is 11.9. The summed E-state index contributed by atoms with van der Waals surface area (Å²) in [6.07, 6.45) is 0. The van der Waals surface area contributed by atoms with Gasteiger partial charge in [0.2, 0.25) is 5.88 Å². The predicted molar refractivity (Wildman–Crippen MR) is 130 cm³/mol. The number of ether oxygens (including phenoxy) is 3. The molecule has 0 aromatic heterocycles. The maximum atomic E-state index is 9.91. The van der Waals surface area contributed by atoms with Gasteiger partial charge in [0.1, 0.15) is 17.4 Å². The van der Waals surface area contributed by atoms with Gasteiger partial charge in [-0.2, -0.15) is 5.26 Å². The van der Waals surface area contributed by atoms with Crippen molar-refractivity contribution < 1.29 is 14.2 Å². The Balaban J connectivity index is 2.01. The van der Waals surface area contributed by atoms with E-state index in [1.807, 2.05) is 44.4 Å². The normalized spacial score (nSPS) is 15.2. The molecule has 0 saturated carbocycles. The van der Waals surface area contributed by atoms with Crippen LogP contribution < -0.4 is 24.8 Å². The molecule has 1 unspecified atom stereocenters. The van der Waals surface area contributed by atoms with Crippen LogP contribution in [0.5, 0.6) is 17.2 Å². The maximum Gasteiger partial charge on any atom is 0.205 e. The van der Waals surface area contributed by atoms with E-state index in [-0.39, 0.29) is 11.8 Å². The fraction of sp³-hybridized carbons (Fsp3) is 0.208. The highest BCUT2D eigenvalue weighted by atomic mass is 127. The Kier molecular flexibility index (Phi) is 5.58. The van der Waals surface area contributed by atoms with Gasteiger partial charge in [-0.1, -0.05) is 24.3 Å². The van der Waals surface area contributed by atoms with Crippen molar-refractivity contribution in [2.45, 2.75) is 5.92 Å². The summed E-state index contributed by atoms with van der Waals surface area (Å²) in [6, 6.07) is 16.3. The van der Waals surface area contributed by atoms with Crippen LogP contribution in [0.4, 0.5) is 5.69 Å². The third-order valence-electron chi connectivity index (χ3n) is 5.49. The monoisotopic (exact) mass is 527 g/mol. The van der Waals surface area contributed by atoms with Gasteiger partial charge in [-0.15, -0.1) is 0 Å². The van der Waals surface area contributed by atoms with Crippen LogP contribution in [-0.2, 0) is 0 Å². The van der Waals surface area contributed by atoms with Crippen LogP contribution in [0.1, 0.15) is 17.0 Å². The Morgan fingerprint density at radius 3 is 2.52 bits per heavy atom. The number of allylic oxidation sites excluding steroid dienone is 1. The molecule has 3 aromatic rings. The summed E-state index contributed by atoms with van der Waals surface area (Å²) in [7, 11) is 7.22. The van der Waals surface area contributed by atoms with Crippen LogP contribution in [0, 0.1) is 14.9 Å². The first kappa shape index (κ1) is 21.1. The summed E-state index contributed by atoms with van der Waals surface area (Å²) in [5.41, 5.74) is 9.47. The molecule has 3 aromatic carbocycles. The lowest BCUT2D eigenvalue weighted by molar-refractivity contribution is 0.352. The standard InChI is InChI=1S/C24H22IN3O3/c1-28(2)19-7-5-6-15-14(19)8-9-16-21(17(12-26)24(27)31-22(15)16)13-10-18(25)23(30-4)20(11-13)29-3/h5-11,21H,27H2,1-4H3.